The Bertz CT molecular complexity index is 501. The normalized spacial score (nSPS) is 10.3. The average Bonchev–Trinajstić information content (AvgIpc) is 2.83. The lowest BCUT2D eigenvalue weighted by Crippen LogP contribution is -2.05. The van der Waals surface area contributed by atoms with Gasteiger partial charge in [-0.15, -0.1) is 0 Å². The Hall–Kier alpha value is -2.24. The van der Waals surface area contributed by atoms with E-state index >= 15 is 0 Å². The molecule has 0 atom stereocenters. The summed E-state index contributed by atoms with van der Waals surface area (Å²) >= 11 is 0. The second kappa shape index (κ2) is 4.09. The van der Waals surface area contributed by atoms with Crippen LogP contribution in [0.1, 0.15) is 16.1 Å². The Balaban J connectivity index is 2.04. The maximum atomic E-state index is 10.8. The minimum Gasteiger partial charge on any atom is -0.475 e. The lowest BCUT2D eigenvalue weighted by molar-refractivity contribution is 0.0661. The first-order valence-corrected chi connectivity index (χ1v) is 4.70. The molecule has 0 bridgehead atoms. The molecule has 6 nitrogen and oxygen atoms in total. The third-order valence-corrected chi connectivity index (χ3v) is 2.11. The van der Waals surface area contributed by atoms with Crippen molar-refractivity contribution in [3.63, 3.8) is 0 Å². The van der Waals surface area contributed by atoms with E-state index in [1.165, 1.54) is 6.26 Å². The number of carboxylic acids is 1. The molecule has 0 radical (unpaired) electrons. The topological polar surface area (TPSA) is 80.3 Å². The van der Waals surface area contributed by atoms with Crippen molar-refractivity contribution in [1.29, 1.82) is 0 Å². The van der Waals surface area contributed by atoms with E-state index in [0.29, 0.717) is 17.9 Å². The van der Waals surface area contributed by atoms with Crippen molar-refractivity contribution < 1.29 is 14.3 Å². The number of carbonyl (C=O) groups is 1. The molecule has 0 saturated carbocycles. The van der Waals surface area contributed by atoms with Gasteiger partial charge in [0.05, 0.1) is 6.26 Å². The van der Waals surface area contributed by atoms with E-state index in [2.05, 4.69) is 10.4 Å². The number of furan rings is 1. The largest absolute Gasteiger partial charge is 0.475 e. The molecule has 0 unspecified atom stereocenters. The van der Waals surface area contributed by atoms with Crippen LogP contribution >= 0.6 is 0 Å². The molecule has 6 heteroatoms. The summed E-state index contributed by atoms with van der Waals surface area (Å²) in [7, 11) is 1.81. The molecule has 0 aromatic carbocycles. The van der Waals surface area contributed by atoms with Crippen LogP contribution < -0.4 is 5.32 Å². The van der Waals surface area contributed by atoms with Crippen molar-refractivity contribution in [2.45, 2.75) is 6.54 Å². The van der Waals surface area contributed by atoms with E-state index in [4.69, 9.17) is 9.52 Å². The van der Waals surface area contributed by atoms with Crippen LogP contribution in [0.15, 0.2) is 29.0 Å². The second-order valence-corrected chi connectivity index (χ2v) is 3.31. The highest BCUT2D eigenvalue weighted by Crippen LogP contribution is 2.12. The molecule has 2 rings (SSSR count). The van der Waals surface area contributed by atoms with E-state index in [1.54, 1.807) is 23.0 Å². The number of hydrogen-bond acceptors (Lipinski definition) is 4. The molecule has 16 heavy (non-hydrogen) atoms. The van der Waals surface area contributed by atoms with Gasteiger partial charge in [0, 0.05) is 31.4 Å². The summed E-state index contributed by atoms with van der Waals surface area (Å²) in [5, 5.41) is 15.9. The fourth-order valence-corrected chi connectivity index (χ4v) is 1.36. The highest BCUT2D eigenvalue weighted by atomic mass is 16.4. The molecule has 0 amide bonds. The zero-order valence-electron chi connectivity index (χ0n) is 8.67. The predicted octanol–water partition coefficient (Wildman–Crippen LogP) is 1.32. The highest BCUT2D eigenvalue weighted by Gasteiger charge is 2.13. The van der Waals surface area contributed by atoms with Crippen molar-refractivity contribution in [3.8, 4) is 0 Å². The maximum Gasteiger partial charge on any atom is 0.372 e. The van der Waals surface area contributed by atoms with E-state index in [1.807, 2.05) is 7.05 Å². The van der Waals surface area contributed by atoms with Crippen molar-refractivity contribution in [2.24, 2.45) is 7.05 Å². The number of hydrogen-bond donors (Lipinski definition) is 2. The Kier molecular flexibility index (Phi) is 2.63. The van der Waals surface area contributed by atoms with Crippen LogP contribution in [0.5, 0.6) is 0 Å². The molecule has 84 valence electrons. The standard InChI is InChI=1S/C10H11N3O3/c1-13-4-2-8(12-13)11-6-7-3-5-16-9(7)10(14)15/h2-5H,6H2,1H3,(H,11,12)(H,14,15). The van der Waals surface area contributed by atoms with E-state index < -0.39 is 5.97 Å². The van der Waals surface area contributed by atoms with Gasteiger partial charge in [0.1, 0.15) is 5.82 Å². The molecule has 0 aliphatic carbocycles. The van der Waals surface area contributed by atoms with E-state index in [-0.39, 0.29) is 5.76 Å². The van der Waals surface area contributed by atoms with Gasteiger partial charge in [0.2, 0.25) is 5.76 Å². The van der Waals surface area contributed by atoms with Crippen molar-refractivity contribution in [2.75, 3.05) is 5.32 Å². The maximum absolute atomic E-state index is 10.8. The number of rotatable bonds is 4. The number of anilines is 1. The van der Waals surface area contributed by atoms with Gasteiger partial charge < -0.3 is 14.8 Å². The summed E-state index contributed by atoms with van der Waals surface area (Å²) in [5.74, 6) is -0.411. The minimum atomic E-state index is -1.07. The zero-order valence-corrected chi connectivity index (χ0v) is 8.67. The van der Waals surface area contributed by atoms with Gasteiger partial charge in [0.15, 0.2) is 0 Å². The van der Waals surface area contributed by atoms with Gasteiger partial charge in [-0.25, -0.2) is 4.79 Å². The molecule has 2 aromatic rings. The second-order valence-electron chi connectivity index (χ2n) is 3.31. The Morgan fingerprint density at radius 2 is 2.44 bits per heavy atom. The number of nitrogens with one attached hydrogen (secondary N) is 1. The first-order valence-electron chi connectivity index (χ1n) is 4.70. The summed E-state index contributed by atoms with van der Waals surface area (Å²) in [6, 6.07) is 3.43. The highest BCUT2D eigenvalue weighted by molar-refractivity contribution is 5.86. The summed E-state index contributed by atoms with van der Waals surface area (Å²) in [6.45, 7) is 0.370. The number of nitrogens with zero attached hydrogens (tertiary/aromatic N) is 2. The fourth-order valence-electron chi connectivity index (χ4n) is 1.36. The van der Waals surface area contributed by atoms with Crippen LogP contribution in [0, 0.1) is 0 Å². The van der Waals surface area contributed by atoms with Gasteiger partial charge in [-0.3, -0.25) is 4.68 Å². The first-order chi connectivity index (χ1) is 7.66. The number of aromatic nitrogens is 2. The number of aryl methyl sites for hydroxylation is 1. The SMILES string of the molecule is Cn1ccc(NCc2ccoc2C(=O)O)n1. The predicted molar refractivity (Wildman–Crippen MR) is 56.2 cm³/mol. The van der Waals surface area contributed by atoms with Crippen LogP contribution in [-0.2, 0) is 13.6 Å². The molecule has 0 aliphatic rings. The first kappa shape index (κ1) is 10.3. The summed E-state index contributed by atoms with van der Waals surface area (Å²) in [5.41, 5.74) is 0.596. The third kappa shape index (κ3) is 2.05. The van der Waals surface area contributed by atoms with Gasteiger partial charge in [-0.05, 0) is 6.07 Å². The van der Waals surface area contributed by atoms with Gasteiger partial charge in [0.25, 0.3) is 0 Å². The zero-order chi connectivity index (χ0) is 11.5. The molecular weight excluding hydrogens is 210 g/mol. The molecule has 0 spiro atoms. The van der Waals surface area contributed by atoms with Gasteiger partial charge in [-0.1, -0.05) is 0 Å². The van der Waals surface area contributed by atoms with Crippen LogP contribution in [0.4, 0.5) is 5.82 Å². The van der Waals surface area contributed by atoms with Crippen LogP contribution in [0.3, 0.4) is 0 Å². The summed E-state index contributed by atoms with van der Waals surface area (Å²) < 4.78 is 6.52. The minimum absolute atomic E-state index is 0.0385. The Morgan fingerprint density at radius 3 is 3.06 bits per heavy atom. The van der Waals surface area contributed by atoms with E-state index in [0.717, 1.165) is 0 Å². The molecule has 2 heterocycles. The van der Waals surface area contributed by atoms with Crippen LogP contribution in [-0.4, -0.2) is 20.9 Å². The molecule has 0 fully saturated rings. The Morgan fingerprint density at radius 1 is 1.62 bits per heavy atom. The van der Waals surface area contributed by atoms with Gasteiger partial charge >= 0.3 is 5.97 Å². The molecule has 2 aromatic heterocycles. The molecule has 0 saturated heterocycles. The Labute approximate surface area is 91.5 Å². The summed E-state index contributed by atoms with van der Waals surface area (Å²) in [4.78, 5) is 10.8. The van der Waals surface area contributed by atoms with Crippen molar-refractivity contribution >= 4 is 11.8 Å². The number of carboxylic acid groups (broad SMARTS) is 1. The van der Waals surface area contributed by atoms with Gasteiger partial charge in [-0.2, -0.15) is 5.10 Å². The summed E-state index contributed by atoms with van der Waals surface area (Å²) in [6.07, 6.45) is 3.16. The quantitative estimate of drug-likeness (QED) is 0.813. The lowest BCUT2D eigenvalue weighted by Gasteiger charge is -2.01. The van der Waals surface area contributed by atoms with Crippen molar-refractivity contribution in [1.82, 2.24) is 9.78 Å². The van der Waals surface area contributed by atoms with Crippen LogP contribution in [0.2, 0.25) is 0 Å². The average molecular weight is 221 g/mol. The monoisotopic (exact) mass is 221 g/mol. The molecule has 2 N–H and O–H groups in total. The fraction of sp³-hybridized carbons (Fsp3) is 0.200. The van der Waals surface area contributed by atoms with E-state index in [9.17, 15) is 4.79 Å². The van der Waals surface area contributed by atoms with Crippen LogP contribution in [0.25, 0.3) is 0 Å². The number of aromatic carboxylic acids is 1. The lowest BCUT2D eigenvalue weighted by atomic mass is 10.2. The third-order valence-electron chi connectivity index (χ3n) is 2.11. The smallest absolute Gasteiger partial charge is 0.372 e. The molecule has 0 aliphatic heterocycles. The van der Waals surface area contributed by atoms with Crippen molar-refractivity contribution in [3.05, 3.63) is 35.9 Å². The molecular formula is C10H11N3O3.